The Balaban J connectivity index is 1.83. The highest BCUT2D eigenvalue weighted by Crippen LogP contribution is 2.28. The van der Waals surface area contributed by atoms with Crippen molar-refractivity contribution in [1.29, 1.82) is 0 Å². The summed E-state index contributed by atoms with van der Waals surface area (Å²) in [5.41, 5.74) is 3.63. The van der Waals surface area contributed by atoms with Crippen molar-refractivity contribution in [2.24, 2.45) is 0 Å². The molecule has 2 heteroatoms. The Morgan fingerprint density at radius 3 is 2.29 bits per heavy atom. The number of hydrogen-bond acceptors (Lipinski definition) is 2. The summed E-state index contributed by atoms with van der Waals surface area (Å²) in [5.74, 6) is 1.97. The highest BCUT2D eigenvalue weighted by molar-refractivity contribution is 5.59. The number of carbonyl (C=O) groups excluding carboxylic acids is 1. The van der Waals surface area contributed by atoms with E-state index in [9.17, 15) is 4.79 Å². The van der Waals surface area contributed by atoms with Crippen molar-refractivity contribution >= 4 is 6.29 Å². The van der Waals surface area contributed by atoms with Crippen molar-refractivity contribution in [3.63, 3.8) is 0 Å². The summed E-state index contributed by atoms with van der Waals surface area (Å²) in [5, 5.41) is 0. The highest BCUT2D eigenvalue weighted by atomic mass is 16.3. The van der Waals surface area contributed by atoms with Crippen molar-refractivity contribution in [1.82, 2.24) is 0 Å². The van der Waals surface area contributed by atoms with Gasteiger partial charge in [-0.25, -0.2) is 0 Å². The Kier molecular flexibility index (Phi) is 5.62. The van der Waals surface area contributed by atoms with Gasteiger partial charge in [0, 0.05) is 24.8 Å². The van der Waals surface area contributed by atoms with Crippen LogP contribution in [-0.2, 0) is 17.6 Å². The fourth-order valence-electron chi connectivity index (χ4n) is 2.90. The minimum Gasteiger partial charge on any atom is -0.461 e. The molecule has 2 nitrogen and oxygen atoms in total. The third kappa shape index (κ3) is 4.23. The molecule has 0 unspecified atom stereocenters. The van der Waals surface area contributed by atoms with Crippen molar-refractivity contribution in [3.05, 3.63) is 83.6 Å². The summed E-state index contributed by atoms with van der Waals surface area (Å²) in [4.78, 5) is 10.5. The summed E-state index contributed by atoms with van der Waals surface area (Å²) in [6, 6.07) is 22.8. The molecule has 0 bridgehead atoms. The summed E-state index contributed by atoms with van der Waals surface area (Å²) >= 11 is 0. The fraction of sp³-hybridized carbons (Fsp3) is 0.227. The Bertz CT molecular complexity index is 757. The van der Waals surface area contributed by atoms with E-state index in [1.165, 1.54) is 11.1 Å². The first-order chi connectivity index (χ1) is 11.9. The smallest absolute Gasteiger partial charge is 0.134 e. The molecule has 0 radical (unpaired) electrons. The minimum absolute atomic E-state index is 0.625. The second-order valence-corrected chi connectivity index (χ2v) is 6.00. The van der Waals surface area contributed by atoms with E-state index >= 15 is 0 Å². The third-order valence-electron chi connectivity index (χ3n) is 4.17. The van der Waals surface area contributed by atoms with E-state index < -0.39 is 0 Å². The zero-order chi connectivity index (χ0) is 16.6. The number of aryl methyl sites for hydroxylation is 1. The van der Waals surface area contributed by atoms with Crippen LogP contribution in [0.25, 0.3) is 11.3 Å². The van der Waals surface area contributed by atoms with E-state index in [4.69, 9.17) is 4.42 Å². The maximum atomic E-state index is 10.5. The lowest BCUT2D eigenvalue weighted by Crippen LogP contribution is -1.92. The van der Waals surface area contributed by atoms with Crippen LogP contribution in [0, 0.1) is 0 Å². The molecule has 2 aromatic carbocycles. The molecular formula is C22H22O2. The molecule has 3 rings (SSSR count). The topological polar surface area (TPSA) is 30.2 Å². The fourth-order valence-corrected chi connectivity index (χ4v) is 2.90. The van der Waals surface area contributed by atoms with Gasteiger partial charge in [-0.2, -0.15) is 0 Å². The summed E-state index contributed by atoms with van der Waals surface area (Å²) in [6.07, 6.45) is 5.25. The number of aldehydes is 1. The SMILES string of the molecule is O=CCCCCc1oc(-c2ccccc2)cc1Cc1ccccc1. The van der Waals surface area contributed by atoms with E-state index in [1.807, 2.05) is 24.3 Å². The molecule has 0 aliphatic carbocycles. The van der Waals surface area contributed by atoms with Crippen LogP contribution in [0.5, 0.6) is 0 Å². The molecule has 1 heterocycles. The number of benzene rings is 2. The van der Waals surface area contributed by atoms with Crippen LogP contribution in [0.3, 0.4) is 0 Å². The molecule has 0 aliphatic heterocycles. The molecule has 0 saturated carbocycles. The van der Waals surface area contributed by atoms with Gasteiger partial charge in [0.15, 0.2) is 0 Å². The van der Waals surface area contributed by atoms with Crippen LogP contribution < -0.4 is 0 Å². The van der Waals surface area contributed by atoms with Crippen LogP contribution >= 0.6 is 0 Å². The van der Waals surface area contributed by atoms with E-state index in [0.29, 0.717) is 6.42 Å². The molecule has 0 N–H and O–H groups in total. The van der Waals surface area contributed by atoms with Crippen LogP contribution in [0.2, 0.25) is 0 Å². The predicted octanol–water partition coefficient (Wildman–Crippen LogP) is 5.45. The normalized spacial score (nSPS) is 10.7. The molecule has 0 fully saturated rings. The molecular weight excluding hydrogens is 296 g/mol. The second-order valence-electron chi connectivity index (χ2n) is 6.00. The predicted molar refractivity (Wildman–Crippen MR) is 97.0 cm³/mol. The van der Waals surface area contributed by atoms with E-state index in [1.54, 1.807) is 0 Å². The van der Waals surface area contributed by atoms with Crippen molar-refractivity contribution in [2.75, 3.05) is 0 Å². The number of hydrogen-bond donors (Lipinski definition) is 0. The van der Waals surface area contributed by atoms with Gasteiger partial charge in [-0.3, -0.25) is 0 Å². The Labute approximate surface area is 143 Å². The van der Waals surface area contributed by atoms with Gasteiger partial charge in [0.1, 0.15) is 17.8 Å². The summed E-state index contributed by atoms with van der Waals surface area (Å²) in [6.45, 7) is 0. The largest absolute Gasteiger partial charge is 0.461 e. The van der Waals surface area contributed by atoms with Crippen LogP contribution in [-0.4, -0.2) is 6.29 Å². The van der Waals surface area contributed by atoms with Crippen LogP contribution in [0.1, 0.15) is 36.1 Å². The first-order valence-electron chi connectivity index (χ1n) is 8.51. The van der Waals surface area contributed by atoms with Crippen molar-refractivity contribution in [2.45, 2.75) is 32.1 Å². The third-order valence-corrected chi connectivity index (χ3v) is 4.17. The first-order valence-corrected chi connectivity index (χ1v) is 8.51. The average Bonchev–Trinajstić information content (AvgIpc) is 3.03. The number of furan rings is 1. The molecule has 1 aromatic heterocycles. The Morgan fingerprint density at radius 1 is 0.875 bits per heavy atom. The average molecular weight is 318 g/mol. The molecule has 122 valence electrons. The zero-order valence-corrected chi connectivity index (χ0v) is 13.8. The van der Waals surface area contributed by atoms with Gasteiger partial charge < -0.3 is 9.21 Å². The van der Waals surface area contributed by atoms with Gasteiger partial charge in [-0.1, -0.05) is 60.7 Å². The van der Waals surface area contributed by atoms with Gasteiger partial charge in [-0.05, 0) is 30.0 Å². The van der Waals surface area contributed by atoms with E-state index in [0.717, 1.165) is 49.1 Å². The lowest BCUT2D eigenvalue weighted by Gasteiger charge is -2.02. The Hall–Kier alpha value is -2.61. The zero-order valence-electron chi connectivity index (χ0n) is 13.8. The minimum atomic E-state index is 0.625. The molecule has 0 amide bonds. The van der Waals surface area contributed by atoms with E-state index in [-0.39, 0.29) is 0 Å². The lowest BCUT2D eigenvalue weighted by molar-refractivity contribution is -0.107. The second kappa shape index (κ2) is 8.30. The molecule has 0 atom stereocenters. The van der Waals surface area contributed by atoms with Crippen LogP contribution in [0.15, 0.2) is 71.1 Å². The van der Waals surface area contributed by atoms with Crippen molar-refractivity contribution in [3.8, 4) is 11.3 Å². The quantitative estimate of drug-likeness (QED) is 0.408. The molecule has 0 saturated heterocycles. The number of carbonyl (C=O) groups is 1. The summed E-state index contributed by atoms with van der Waals surface area (Å²) < 4.78 is 6.16. The standard InChI is InChI=1S/C22H22O2/c23-15-9-3-8-14-21-20(16-18-10-4-1-5-11-18)17-22(24-21)19-12-6-2-7-13-19/h1-2,4-7,10-13,15,17H,3,8-9,14,16H2. The van der Waals surface area contributed by atoms with Crippen LogP contribution in [0.4, 0.5) is 0 Å². The molecule has 0 spiro atoms. The molecule has 3 aromatic rings. The van der Waals surface area contributed by atoms with Gasteiger partial charge in [-0.15, -0.1) is 0 Å². The monoisotopic (exact) mass is 318 g/mol. The number of rotatable bonds is 8. The maximum absolute atomic E-state index is 10.5. The van der Waals surface area contributed by atoms with Gasteiger partial charge in [0.2, 0.25) is 0 Å². The number of unbranched alkanes of at least 4 members (excludes halogenated alkanes) is 2. The van der Waals surface area contributed by atoms with Gasteiger partial charge in [0.05, 0.1) is 0 Å². The maximum Gasteiger partial charge on any atom is 0.134 e. The Morgan fingerprint density at radius 2 is 1.58 bits per heavy atom. The van der Waals surface area contributed by atoms with Gasteiger partial charge >= 0.3 is 0 Å². The van der Waals surface area contributed by atoms with E-state index in [2.05, 4.69) is 42.5 Å². The highest BCUT2D eigenvalue weighted by Gasteiger charge is 2.13. The first kappa shape index (κ1) is 16.3. The molecule has 0 aliphatic rings. The van der Waals surface area contributed by atoms with Gasteiger partial charge in [0.25, 0.3) is 0 Å². The molecule has 24 heavy (non-hydrogen) atoms. The lowest BCUT2D eigenvalue weighted by atomic mass is 10.0. The summed E-state index contributed by atoms with van der Waals surface area (Å²) in [7, 11) is 0. The van der Waals surface area contributed by atoms with Crippen molar-refractivity contribution < 1.29 is 9.21 Å².